The second-order valence-corrected chi connectivity index (χ2v) is 7.88. The van der Waals surface area contributed by atoms with Crippen molar-refractivity contribution in [3.63, 3.8) is 0 Å². The van der Waals surface area contributed by atoms with Crippen molar-refractivity contribution in [1.29, 1.82) is 0 Å². The van der Waals surface area contributed by atoms with E-state index in [0.717, 1.165) is 11.8 Å². The molecule has 0 saturated carbocycles. The Balaban J connectivity index is 1.54. The van der Waals surface area contributed by atoms with Gasteiger partial charge in [-0.2, -0.15) is 0 Å². The molecule has 3 heterocycles. The molecule has 172 valence electrons. The van der Waals surface area contributed by atoms with Crippen LogP contribution >= 0.6 is 0 Å². The molecule has 0 unspecified atom stereocenters. The zero-order chi connectivity index (χ0) is 23.7. The minimum atomic E-state index is -1.34. The van der Waals surface area contributed by atoms with Gasteiger partial charge in [-0.3, -0.25) is 9.59 Å². The second kappa shape index (κ2) is 8.93. The van der Waals surface area contributed by atoms with Crippen LogP contribution in [-0.2, 0) is 11.3 Å². The zero-order valence-corrected chi connectivity index (χ0v) is 18.4. The van der Waals surface area contributed by atoms with E-state index >= 15 is 0 Å². The molecule has 1 saturated heterocycles. The number of fused-ring (bicyclic) bond motifs is 1. The van der Waals surface area contributed by atoms with Gasteiger partial charge >= 0.3 is 5.97 Å². The van der Waals surface area contributed by atoms with Crippen LogP contribution < -0.4 is 10.3 Å². The molecule has 1 N–H and O–H groups in total. The summed E-state index contributed by atoms with van der Waals surface area (Å²) in [6.45, 7) is 5.74. The normalized spacial score (nSPS) is 14.4. The first-order valence-corrected chi connectivity index (χ1v) is 10.7. The summed E-state index contributed by atoms with van der Waals surface area (Å²) in [7, 11) is 0. The van der Waals surface area contributed by atoms with E-state index in [9.17, 15) is 23.9 Å². The molecule has 0 radical (unpaired) electrons. The number of anilines is 1. The fraction of sp³-hybridized carbons (Fsp3) is 0.292. The summed E-state index contributed by atoms with van der Waals surface area (Å²) in [5.74, 6) is -0.724. The van der Waals surface area contributed by atoms with Gasteiger partial charge in [0, 0.05) is 50.4 Å². The Morgan fingerprint density at radius 3 is 2.52 bits per heavy atom. The highest BCUT2D eigenvalue weighted by Gasteiger charge is 2.24. The first kappa shape index (κ1) is 22.3. The summed E-state index contributed by atoms with van der Waals surface area (Å²) in [6.07, 6.45) is 4.38. The van der Waals surface area contributed by atoms with Crippen LogP contribution in [0.1, 0.15) is 28.8 Å². The highest BCUT2D eigenvalue weighted by molar-refractivity contribution is 5.94. The number of nitrogens with zero attached hydrogens (tertiary/aromatic N) is 3. The van der Waals surface area contributed by atoms with Gasteiger partial charge in [0.2, 0.25) is 11.3 Å². The Kier molecular flexibility index (Phi) is 6.04. The van der Waals surface area contributed by atoms with Gasteiger partial charge < -0.3 is 23.9 Å². The molecule has 1 aromatic carbocycles. The first-order chi connectivity index (χ1) is 15.8. The lowest BCUT2D eigenvalue weighted by atomic mass is 10.1. The largest absolute Gasteiger partial charge is 0.477 e. The molecule has 2 aromatic heterocycles. The SMILES string of the molecule is CCn1cc(C(=O)O)c(=O)c2cc(F)c(N3CCN(C(=O)/C=C/c4ccc(C)o4)CC3)cc21. The molecule has 8 nitrogen and oxygen atoms in total. The quantitative estimate of drug-likeness (QED) is 0.597. The number of aromatic nitrogens is 1. The number of pyridine rings is 1. The average Bonchev–Trinajstić information content (AvgIpc) is 3.22. The standard InChI is InChI=1S/C24H24FN3O5/c1-3-26-14-18(24(31)32)23(30)17-12-19(25)21(13-20(17)26)27-8-10-28(11-9-27)22(29)7-6-16-5-4-15(2)33-16/h4-7,12-14H,3,8-11H2,1-2H3,(H,31,32)/b7-6+. The number of benzene rings is 1. The van der Waals surface area contributed by atoms with Gasteiger partial charge in [-0.05, 0) is 44.2 Å². The number of aryl methyl sites for hydroxylation is 2. The molecule has 1 fully saturated rings. The Morgan fingerprint density at radius 1 is 1.18 bits per heavy atom. The molecule has 0 spiro atoms. The van der Waals surface area contributed by atoms with E-state index in [1.807, 2.05) is 24.8 Å². The Labute approximate surface area is 189 Å². The van der Waals surface area contributed by atoms with Gasteiger partial charge in [0.25, 0.3) is 0 Å². The number of amides is 1. The molecule has 0 bridgehead atoms. The monoisotopic (exact) mass is 453 g/mol. The summed E-state index contributed by atoms with van der Waals surface area (Å²) in [5, 5.41) is 9.32. The number of hydrogen-bond acceptors (Lipinski definition) is 5. The van der Waals surface area contributed by atoms with Crippen LogP contribution in [0.2, 0.25) is 0 Å². The number of rotatable bonds is 5. The molecule has 3 aromatic rings. The summed E-state index contributed by atoms with van der Waals surface area (Å²) in [6, 6.07) is 6.30. The molecular formula is C24H24FN3O5. The van der Waals surface area contributed by atoms with E-state index in [2.05, 4.69) is 0 Å². The van der Waals surface area contributed by atoms with Crippen LogP contribution in [0.5, 0.6) is 0 Å². The number of carboxylic acid groups (broad SMARTS) is 1. The first-order valence-electron chi connectivity index (χ1n) is 10.7. The molecule has 0 atom stereocenters. The van der Waals surface area contributed by atoms with Gasteiger partial charge in [-0.15, -0.1) is 0 Å². The van der Waals surface area contributed by atoms with Gasteiger partial charge in [0.15, 0.2) is 0 Å². The van der Waals surface area contributed by atoms with E-state index in [4.69, 9.17) is 4.42 Å². The van der Waals surface area contributed by atoms with Crippen molar-refractivity contribution < 1.29 is 23.5 Å². The van der Waals surface area contributed by atoms with E-state index in [0.29, 0.717) is 49.7 Å². The minimum absolute atomic E-state index is 0.0325. The molecule has 9 heteroatoms. The fourth-order valence-corrected chi connectivity index (χ4v) is 4.03. The summed E-state index contributed by atoms with van der Waals surface area (Å²) in [4.78, 5) is 39.9. The molecule has 0 aliphatic carbocycles. The lowest BCUT2D eigenvalue weighted by molar-refractivity contribution is -0.126. The number of furan rings is 1. The molecule has 1 amide bonds. The van der Waals surface area contributed by atoms with Crippen LogP contribution in [0.15, 0.2) is 45.8 Å². The number of piperazine rings is 1. The van der Waals surface area contributed by atoms with E-state index in [-0.39, 0.29) is 16.9 Å². The number of halogens is 1. The maximum absolute atomic E-state index is 15.0. The van der Waals surface area contributed by atoms with Crippen molar-refractivity contribution in [2.45, 2.75) is 20.4 Å². The highest BCUT2D eigenvalue weighted by Crippen LogP contribution is 2.26. The summed E-state index contributed by atoms with van der Waals surface area (Å²) >= 11 is 0. The van der Waals surface area contributed by atoms with Gasteiger partial charge in [0.1, 0.15) is 22.9 Å². The minimum Gasteiger partial charge on any atom is -0.477 e. The van der Waals surface area contributed by atoms with Gasteiger partial charge in [-0.1, -0.05) is 0 Å². The maximum atomic E-state index is 15.0. The lowest BCUT2D eigenvalue weighted by Crippen LogP contribution is -2.48. The van der Waals surface area contributed by atoms with Crippen LogP contribution in [0.4, 0.5) is 10.1 Å². The summed E-state index contributed by atoms with van der Waals surface area (Å²) in [5.41, 5.74) is -0.303. The molecule has 1 aliphatic rings. The third-order valence-electron chi connectivity index (χ3n) is 5.80. The third-order valence-corrected chi connectivity index (χ3v) is 5.80. The predicted molar refractivity (Wildman–Crippen MR) is 122 cm³/mol. The van der Waals surface area contributed by atoms with Crippen molar-refractivity contribution in [2.75, 3.05) is 31.1 Å². The average molecular weight is 453 g/mol. The topological polar surface area (TPSA) is 96.0 Å². The van der Waals surface area contributed by atoms with E-state index in [1.165, 1.54) is 12.3 Å². The Hall–Kier alpha value is -3.88. The van der Waals surface area contributed by atoms with Crippen molar-refractivity contribution in [3.8, 4) is 0 Å². The van der Waals surface area contributed by atoms with Crippen LogP contribution in [-0.4, -0.2) is 52.6 Å². The second-order valence-electron chi connectivity index (χ2n) is 7.88. The van der Waals surface area contributed by atoms with Crippen molar-refractivity contribution in [1.82, 2.24) is 9.47 Å². The summed E-state index contributed by atoms with van der Waals surface area (Å²) < 4.78 is 22.0. The van der Waals surface area contributed by atoms with Crippen molar-refractivity contribution >= 4 is 34.5 Å². The zero-order valence-electron chi connectivity index (χ0n) is 18.4. The van der Waals surface area contributed by atoms with Gasteiger partial charge in [-0.25, -0.2) is 9.18 Å². The lowest BCUT2D eigenvalue weighted by Gasteiger charge is -2.36. The van der Waals surface area contributed by atoms with Crippen LogP contribution in [0.3, 0.4) is 0 Å². The smallest absolute Gasteiger partial charge is 0.341 e. The highest BCUT2D eigenvalue weighted by atomic mass is 19.1. The van der Waals surface area contributed by atoms with Crippen molar-refractivity contribution in [3.05, 3.63) is 69.7 Å². The fourth-order valence-electron chi connectivity index (χ4n) is 4.03. The maximum Gasteiger partial charge on any atom is 0.341 e. The van der Waals surface area contributed by atoms with Crippen molar-refractivity contribution in [2.24, 2.45) is 0 Å². The number of carbonyl (C=O) groups is 2. The van der Waals surface area contributed by atoms with E-state index < -0.39 is 17.2 Å². The molecule has 1 aliphatic heterocycles. The number of hydrogen-bond donors (Lipinski definition) is 1. The molecule has 33 heavy (non-hydrogen) atoms. The Bertz CT molecular complexity index is 1320. The van der Waals surface area contributed by atoms with Crippen LogP contribution in [0.25, 0.3) is 17.0 Å². The number of carboxylic acids is 1. The predicted octanol–water partition coefficient (Wildman–Crippen LogP) is 3.12. The Morgan fingerprint density at radius 2 is 1.91 bits per heavy atom. The van der Waals surface area contributed by atoms with Gasteiger partial charge in [0.05, 0.1) is 11.2 Å². The number of carbonyl (C=O) groups excluding carboxylic acids is 1. The van der Waals surface area contributed by atoms with E-state index in [1.54, 1.807) is 27.7 Å². The third kappa shape index (κ3) is 4.39. The molecule has 4 rings (SSSR count). The van der Waals surface area contributed by atoms with Crippen LogP contribution in [0, 0.1) is 12.7 Å². The number of aromatic carboxylic acids is 1. The molecular weight excluding hydrogens is 429 g/mol.